The Bertz CT molecular complexity index is 692. The van der Waals surface area contributed by atoms with Crippen LogP contribution in [0.3, 0.4) is 0 Å². The van der Waals surface area contributed by atoms with Crippen molar-refractivity contribution < 1.29 is 13.2 Å². The largest absolute Gasteiger partial charge is 0.482 e. The van der Waals surface area contributed by atoms with Crippen LogP contribution in [0.1, 0.15) is 19.2 Å². The second-order valence-corrected chi connectivity index (χ2v) is 5.88. The van der Waals surface area contributed by atoms with Crippen molar-refractivity contribution in [3.63, 3.8) is 0 Å². The van der Waals surface area contributed by atoms with Crippen LogP contribution >= 0.6 is 0 Å². The molecule has 2 rings (SSSR count). The van der Waals surface area contributed by atoms with Crippen molar-refractivity contribution in [1.29, 1.82) is 0 Å². The van der Waals surface area contributed by atoms with E-state index in [1.807, 2.05) is 6.92 Å². The molecule has 0 saturated heterocycles. The highest BCUT2D eigenvalue weighted by molar-refractivity contribution is 7.89. The Hall–Kier alpha value is -1.60. The molecule has 0 unspecified atom stereocenters. The summed E-state index contributed by atoms with van der Waals surface area (Å²) in [5.41, 5.74) is 0.525. The maximum Gasteiger partial charge on any atom is 0.259 e. The summed E-state index contributed by atoms with van der Waals surface area (Å²) < 4.78 is 33.3. The van der Waals surface area contributed by atoms with Gasteiger partial charge in [-0.05, 0) is 25.6 Å². The Morgan fingerprint density at radius 1 is 1.42 bits per heavy atom. The minimum atomic E-state index is -3.58. The number of fused-ring (bicyclic) bond motifs is 1. The van der Waals surface area contributed by atoms with Crippen molar-refractivity contribution in [2.45, 2.75) is 24.8 Å². The molecule has 0 bridgehead atoms. The Labute approximate surface area is 112 Å². The fourth-order valence-electron chi connectivity index (χ4n) is 1.99. The first-order valence-corrected chi connectivity index (χ1v) is 7.51. The molecule has 2 aromatic rings. The van der Waals surface area contributed by atoms with Crippen LogP contribution < -0.4 is 9.46 Å². The third-order valence-corrected chi connectivity index (χ3v) is 4.22. The number of methoxy groups -OCH3 is 1. The lowest BCUT2D eigenvalue weighted by Crippen LogP contribution is -2.19. The van der Waals surface area contributed by atoms with Gasteiger partial charge in [0, 0.05) is 6.42 Å². The lowest BCUT2D eigenvalue weighted by Gasteiger charge is -2.06. The molecule has 0 aliphatic carbocycles. The van der Waals surface area contributed by atoms with E-state index in [0.29, 0.717) is 23.6 Å². The number of aryl methyl sites for hydroxylation is 1. The second kappa shape index (κ2) is 5.18. The molecule has 2 aromatic heterocycles. The van der Waals surface area contributed by atoms with Gasteiger partial charge in [0.05, 0.1) is 12.6 Å². The monoisotopic (exact) mass is 283 g/mol. The molecular weight excluding hydrogens is 266 g/mol. The minimum Gasteiger partial charge on any atom is -0.482 e. The van der Waals surface area contributed by atoms with E-state index >= 15 is 0 Å². The number of imidazole rings is 1. The van der Waals surface area contributed by atoms with E-state index in [2.05, 4.69) is 9.71 Å². The van der Waals surface area contributed by atoms with Gasteiger partial charge in [-0.15, -0.1) is 0 Å². The van der Waals surface area contributed by atoms with Crippen molar-refractivity contribution >= 4 is 15.5 Å². The maximum absolute atomic E-state index is 12.0. The normalized spacial score (nSPS) is 11.9. The molecule has 0 aliphatic rings. The molecule has 0 radical (unpaired) electrons. The highest BCUT2D eigenvalue weighted by Gasteiger charge is 2.22. The van der Waals surface area contributed by atoms with E-state index in [-0.39, 0.29) is 5.03 Å². The smallest absolute Gasteiger partial charge is 0.259 e. The van der Waals surface area contributed by atoms with Crippen molar-refractivity contribution in [2.75, 3.05) is 14.2 Å². The summed E-state index contributed by atoms with van der Waals surface area (Å²) in [6, 6.07) is 5.25. The molecule has 0 aliphatic heterocycles. The number of hydrogen-bond donors (Lipinski definition) is 1. The first kappa shape index (κ1) is 13.8. The van der Waals surface area contributed by atoms with Gasteiger partial charge in [-0.25, -0.2) is 18.1 Å². The predicted octanol–water partition coefficient (Wildman–Crippen LogP) is 1.20. The number of ether oxygens (including phenoxy) is 1. The van der Waals surface area contributed by atoms with Gasteiger partial charge in [-0.2, -0.15) is 0 Å². The Kier molecular flexibility index (Phi) is 3.77. The van der Waals surface area contributed by atoms with Crippen LogP contribution in [0.5, 0.6) is 5.88 Å². The number of rotatable bonds is 5. The van der Waals surface area contributed by atoms with E-state index in [1.165, 1.54) is 7.05 Å². The zero-order chi connectivity index (χ0) is 14.0. The molecule has 2 heterocycles. The summed E-state index contributed by atoms with van der Waals surface area (Å²) in [6.45, 7) is 2.02. The molecule has 19 heavy (non-hydrogen) atoms. The molecule has 1 N–H and O–H groups in total. The molecule has 0 saturated carbocycles. The SMILES string of the molecule is CCCc1nc(S(=O)(=O)NC)c2cccc(OC)n12. The fourth-order valence-corrected chi connectivity index (χ4v) is 2.85. The minimum absolute atomic E-state index is 0.0392. The molecule has 0 atom stereocenters. The molecular formula is C12H17N3O3S. The highest BCUT2D eigenvalue weighted by atomic mass is 32.2. The lowest BCUT2D eigenvalue weighted by molar-refractivity contribution is 0.390. The molecule has 0 amide bonds. The average Bonchev–Trinajstić information content (AvgIpc) is 2.79. The van der Waals surface area contributed by atoms with Crippen molar-refractivity contribution in [1.82, 2.24) is 14.1 Å². The van der Waals surface area contributed by atoms with Gasteiger partial charge in [-0.3, -0.25) is 4.40 Å². The Morgan fingerprint density at radius 2 is 2.16 bits per heavy atom. The molecule has 104 valence electrons. The summed E-state index contributed by atoms with van der Waals surface area (Å²) >= 11 is 0. The lowest BCUT2D eigenvalue weighted by atomic mass is 10.3. The van der Waals surface area contributed by atoms with E-state index in [9.17, 15) is 8.42 Å². The van der Waals surface area contributed by atoms with Gasteiger partial charge in [0.1, 0.15) is 5.82 Å². The van der Waals surface area contributed by atoms with Crippen LogP contribution in [0.25, 0.3) is 5.52 Å². The number of nitrogens with zero attached hydrogens (tertiary/aromatic N) is 2. The molecule has 0 spiro atoms. The summed E-state index contributed by atoms with van der Waals surface area (Å²) in [6.07, 6.45) is 1.55. The summed E-state index contributed by atoms with van der Waals surface area (Å²) in [5, 5.41) is 0.0392. The maximum atomic E-state index is 12.0. The first-order chi connectivity index (χ1) is 9.05. The van der Waals surface area contributed by atoms with Gasteiger partial charge >= 0.3 is 0 Å². The molecule has 0 aromatic carbocycles. The quantitative estimate of drug-likeness (QED) is 0.895. The summed E-state index contributed by atoms with van der Waals surface area (Å²) in [7, 11) is -0.657. The van der Waals surface area contributed by atoms with Crippen LogP contribution in [-0.4, -0.2) is 32.0 Å². The molecule has 6 nitrogen and oxygen atoms in total. The topological polar surface area (TPSA) is 72.7 Å². The predicted molar refractivity (Wildman–Crippen MR) is 72.0 cm³/mol. The third kappa shape index (κ3) is 2.31. The number of pyridine rings is 1. The van der Waals surface area contributed by atoms with Crippen molar-refractivity contribution in [3.05, 3.63) is 24.0 Å². The average molecular weight is 283 g/mol. The first-order valence-electron chi connectivity index (χ1n) is 6.03. The van der Waals surface area contributed by atoms with E-state index < -0.39 is 10.0 Å². The second-order valence-electron chi connectivity index (χ2n) is 4.08. The number of hydrogen-bond acceptors (Lipinski definition) is 4. The zero-order valence-corrected chi connectivity index (χ0v) is 12.0. The van der Waals surface area contributed by atoms with Crippen molar-refractivity contribution in [2.24, 2.45) is 0 Å². The van der Waals surface area contributed by atoms with E-state index in [1.54, 1.807) is 29.7 Å². The van der Waals surface area contributed by atoms with Gasteiger partial charge in [0.15, 0.2) is 10.9 Å². The van der Waals surface area contributed by atoms with Crippen molar-refractivity contribution in [3.8, 4) is 5.88 Å². The summed E-state index contributed by atoms with van der Waals surface area (Å²) in [5.74, 6) is 1.26. The molecule has 0 fully saturated rings. The summed E-state index contributed by atoms with van der Waals surface area (Å²) in [4.78, 5) is 4.26. The Morgan fingerprint density at radius 3 is 2.74 bits per heavy atom. The van der Waals surface area contributed by atoms with Gasteiger partial charge in [-0.1, -0.05) is 13.0 Å². The van der Waals surface area contributed by atoms with Gasteiger partial charge in [0.2, 0.25) is 0 Å². The Balaban J connectivity index is 2.82. The highest BCUT2D eigenvalue weighted by Crippen LogP contribution is 2.24. The standard InChI is InChI=1S/C12H17N3O3S/c1-4-6-10-14-12(19(16,17)13-2)9-7-5-8-11(18-3)15(9)10/h5,7-8,13H,4,6H2,1-3H3. The fraction of sp³-hybridized carbons (Fsp3) is 0.417. The zero-order valence-electron chi connectivity index (χ0n) is 11.2. The number of sulfonamides is 1. The van der Waals surface area contributed by atoms with Crippen LogP contribution in [0.4, 0.5) is 0 Å². The number of nitrogens with one attached hydrogen (secondary N) is 1. The van der Waals surface area contributed by atoms with Gasteiger partial charge < -0.3 is 4.74 Å². The number of aromatic nitrogens is 2. The van der Waals surface area contributed by atoms with E-state index in [4.69, 9.17) is 4.74 Å². The molecule has 7 heteroatoms. The van der Waals surface area contributed by atoms with Crippen LogP contribution in [0, 0.1) is 0 Å². The van der Waals surface area contributed by atoms with Crippen LogP contribution in [-0.2, 0) is 16.4 Å². The van der Waals surface area contributed by atoms with Crippen LogP contribution in [0.2, 0.25) is 0 Å². The van der Waals surface area contributed by atoms with E-state index in [0.717, 1.165) is 6.42 Å². The van der Waals surface area contributed by atoms with Crippen LogP contribution in [0.15, 0.2) is 23.2 Å². The van der Waals surface area contributed by atoms with Gasteiger partial charge in [0.25, 0.3) is 10.0 Å². The third-order valence-electron chi connectivity index (χ3n) is 2.87.